The third-order valence-electron chi connectivity index (χ3n) is 5.65. The van der Waals surface area contributed by atoms with Crippen LogP contribution in [-0.4, -0.2) is 36.1 Å². The van der Waals surface area contributed by atoms with Crippen molar-refractivity contribution in [3.8, 4) is 17.3 Å². The van der Waals surface area contributed by atoms with Crippen molar-refractivity contribution in [1.82, 2.24) is 23.9 Å². The number of aliphatic hydroxyl groups is 1. The van der Waals surface area contributed by atoms with Crippen LogP contribution in [0.4, 0.5) is 4.39 Å². The van der Waals surface area contributed by atoms with Crippen LogP contribution in [0.1, 0.15) is 38.1 Å². The Labute approximate surface area is 198 Å². The Kier molecular flexibility index (Phi) is 6.28. The number of methoxy groups -OCH3 is 1. The van der Waals surface area contributed by atoms with Gasteiger partial charge in [0.05, 0.1) is 12.5 Å². The Balaban J connectivity index is 2.05. The molecule has 1 aromatic carbocycles. The summed E-state index contributed by atoms with van der Waals surface area (Å²) >= 11 is 6.41. The molecule has 0 radical (unpaired) electrons. The number of nitrogens with zero attached hydrogens (tertiary/aromatic N) is 5. The maximum absolute atomic E-state index is 15.3. The Morgan fingerprint density at radius 1 is 1.24 bits per heavy atom. The lowest BCUT2D eigenvalue weighted by Gasteiger charge is -2.16. The molecule has 3 aromatic heterocycles. The quantitative estimate of drug-likeness (QED) is 0.448. The van der Waals surface area contributed by atoms with E-state index in [1.54, 1.807) is 19.2 Å². The van der Waals surface area contributed by atoms with Gasteiger partial charge in [0.15, 0.2) is 11.6 Å². The first-order valence-corrected chi connectivity index (χ1v) is 11.0. The van der Waals surface area contributed by atoms with E-state index in [0.29, 0.717) is 16.7 Å². The second kappa shape index (κ2) is 9.03. The highest BCUT2D eigenvalue weighted by Crippen LogP contribution is 2.31. The van der Waals surface area contributed by atoms with Crippen LogP contribution >= 0.6 is 11.6 Å². The molecule has 11 heteroatoms. The van der Waals surface area contributed by atoms with Gasteiger partial charge in [0.1, 0.15) is 28.9 Å². The molecule has 1 N–H and O–H groups in total. The van der Waals surface area contributed by atoms with Crippen molar-refractivity contribution >= 4 is 22.4 Å². The lowest BCUT2D eigenvalue weighted by Crippen LogP contribution is -2.25. The fourth-order valence-electron chi connectivity index (χ4n) is 3.92. The van der Waals surface area contributed by atoms with Crippen molar-refractivity contribution < 1.29 is 14.2 Å². The summed E-state index contributed by atoms with van der Waals surface area (Å²) in [5.41, 5.74) is -0.524. The molecule has 0 fully saturated rings. The van der Waals surface area contributed by atoms with Gasteiger partial charge in [-0.05, 0) is 35.9 Å². The summed E-state index contributed by atoms with van der Waals surface area (Å²) < 4.78 is 24.0. The van der Waals surface area contributed by atoms with Crippen molar-refractivity contribution in [3.63, 3.8) is 0 Å². The molecule has 0 aliphatic carbocycles. The van der Waals surface area contributed by atoms with Crippen LogP contribution in [0.3, 0.4) is 0 Å². The van der Waals surface area contributed by atoms with E-state index in [2.05, 4.69) is 10.1 Å². The van der Waals surface area contributed by atoms with Crippen molar-refractivity contribution in [2.45, 2.75) is 39.8 Å². The summed E-state index contributed by atoms with van der Waals surface area (Å²) in [5, 5.41) is 14.3. The number of aliphatic hydroxyl groups excluding tert-OH is 1. The highest BCUT2D eigenvalue weighted by molar-refractivity contribution is 6.33. The third-order valence-corrected chi connectivity index (χ3v) is 6.00. The van der Waals surface area contributed by atoms with Gasteiger partial charge in [0.2, 0.25) is 0 Å². The first kappa shape index (κ1) is 23.7. The summed E-state index contributed by atoms with van der Waals surface area (Å²) in [6, 6.07) is 4.09. The Morgan fingerprint density at radius 3 is 2.56 bits per heavy atom. The molecule has 0 atom stereocenters. The highest BCUT2D eigenvalue weighted by Gasteiger charge is 2.21. The summed E-state index contributed by atoms with van der Waals surface area (Å²) in [6.45, 7) is 5.37. The fourth-order valence-corrected chi connectivity index (χ4v) is 4.20. The van der Waals surface area contributed by atoms with E-state index in [4.69, 9.17) is 16.3 Å². The largest absolute Gasteiger partial charge is 0.495 e. The number of aromatic nitrogens is 5. The first-order chi connectivity index (χ1) is 16.2. The second-order valence-electron chi connectivity index (χ2n) is 7.93. The average molecular weight is 488 g/mol. The van der Waals surface area contributed by atoms with Gasteiger partial charge in [-0.15, -0.1) is 5.10 Å². The fraction of sp³-hybridized carbons (Fsp3) is 0.304. The number of ether oxygens (including phenoxy) is 1. The van der Waals surface area contributed by atoms with Crippen LogP contribution in [0, 0.1) is 5.82 Å². The van der Waals surface area contributed by atoms with Gasteiger partial charge in [0.25, 0.3) is 5.56 Å². The summed E-state index contributed by atoms with van der Waals surface area (Å²) in [4.78, 5) is 30.4. The van der Waals surface area contributed by atoms with Crippen LogP contribution in [-0.2, 0) is 13.2 Å². The number of pyridine rings is 2. The molecule has 0 aliphatic heterocycles. The second-order valence-corrected chi connectivity index (χ2v) is 8.31. The van der Waals surface area contributed by atoms with Crippen molar-refractivity contribution in [2.75, 3.05) is 7.11 Å². The molecule has 4 aromatic rings. The molecule has 0 amide bonds. The zero-order chi connectivity index (χ0) is 24.7. The van der Waals surface area contributed by atoms with Gasteiger partial charge < -0.3 is 9.84 Å². The van der Waals surface area contributed by atoms with Gasteiger partial charge in [0, 0.05) is 25.0 Å². The zero-order valence-electron chi connectivity index (χ0n) is 19.0. The summed E-state index contributed by atoms with van der Waals surface area (Å²) in [7, 11) is 1.45. The van der Waals surface area contributed by atoms with Gasteiger partial charge in [-0.3, -0.25) is 13.9 Å². The summed E-state index contributed by atoms with van der Waals surface area (Å²) in [6.07, 6.45) is 3.07. The van der Waals surface area contributed by atoms with Gasteiger partial charge in [-0.1, -0.05) is 25.4 Å². The van der Waals surface area contributed by atoms with Crippen LogP contribution < -0.4 is 16.0 Å². The van der Waals surface area contributed by atoms with Gasteiger partial charge in [-0.25, -0.2) is 14.2 Å². The van der Waals surface area contributed by atoms with E-state index in [-0.39, 0.29) is 40.2 Å². The van der Waals surface area contributed by atoms with Crippen LogP contribution in [0.2, 0.25) is 5.02 Å². The summed E-state index contributed by atoms with van der Waals surface area (Å²) in [5.74, 6) is -0.268. The molecule has 0 saturated heterocycles. The van der Waals surface area contributed by atoms with Crippen molar-refractivity contribution in [3.05, 3.63) is 73.7 Å². The number of rotatable bonds is 6. The van der Waals surface area contributed by atoms with Gasteiger partial charge >= 0.3 is 5.69 Å². The predicted octanol–water partition coefficient (Wildman–Crippen LogP) is 3.17. The number of halogens is 2. The molecule has 0 unspecified atom stereocenters. The lowest BCUT2D eigenvalue weighted by molar-refractivity contribution is 0.264. The average Bonchev–Trinajstić information content (AvgIpc) is 3.14. The van der Waals surface area contributed by atoms with Crippen LogP contribution in [0.25, 0.3) is 22.3 Å². The van der Waals surface area contributed by atoms with Gasteiger partial charge in [-0.2, -0.15) is 4.68 Å². The monoisotopic (exact) mass is 487 g/mol. The predicted molar refractivity (Wildman–Crippen MR) is 126 cm³/mol. The van der Waals surface area contributed by atoms with E-state index in [1.807, 2.05) is 13.8 Å². The van der Waals surface area contributed by atoms with E-state index in [1.165, 1.54) is 28.5 Å². The smallest absolute Gasteiger partial charge is 0.350 e. The molecule has 3 heterocycles. The lowest BCUT2D eigenvalue weighted by atomic mass is 9.97. The van der Waals surface area contributed by atoms with Crippen LogP contribution in [0.5, 0.6) is 5.75 Å². The molecular formula is C23H23ClFN5O4. The van der Waals surface area contributed by atoms with E-state index in [9.17, 15) is 14.7 Å². The molecule has 0 spiro atoms. The SMILES string of the molecule is CCn1c(CO)nn(-c2cc3c(C(C)C)cn(-c4nccc(OC)c4Cl)c(=O)c3cc2F)c1=O. The minimum atomic E-state index is -0.811. The molecule has 0 saturated carbocycles. The van der Waals surface area contributed by atoms with E-state index in [0.717, 1.165) is 10.7 Å². The molecule has 4 rings (SSSR count). The van der Waals surface area contributed by atoms with Crippen molar-refractivity contribution in [1.29, 1.82) is 0 Å². The first-order valence-electron chi connectivity index (χ1n) is 10.6. The maximum atomic E-state index is 15.3. The third kappa shape index (κ3) is 3.68. The number of hydrogen-bond donors (Lipinski definition) is 1. The Bertz CT molecular complexity index is 1520. The minimum Gasteiger partial charge on any atom is -0.495 e. The van der Waals surface area contributed by atoms with E-state index >= 15 is 4.39 Å². The molecule has 178 valence electrons. The molecule has 34 heavy (non-hydrogen) atoms. The zero-order valence-corrected chi connectivity index (χ0v) is 19.8. The Hall–Kier alpha value is -3.50. The minimum absolute atomic E-state index is 0.0741. The topological polar surface area (TPSA) is 104 Å². The van der Waals surface area contributed by atoms with Crippen LogP contribution in [0.15, 0.2) is 40.2 Å². The highest BCUT2D eigenvalue weighted by atomic mass is 35.5. The number of fused-ring (bicyclic) bond motifs is 1. The number of hydrogen-bond acceptors (Lipinski definition) is 6. The maximum Gasteiger partial charge on any atom is 0.350 e. The Morgan fingerprint density at radius 2 is 1.97 bits per heavy atom. The molecule has 0 bridgehead atoms. The van der Waals surface area contributed by atoms with E-state index < -0.39 is 23.7 Å². The normalized spacial score (nSPS) is 11.5. The molecule has 9 nitrogen and oxygen atoms in total. The van der Waals surface area contributed by atoms with Crippen molar-refractivity contribution in [2.24, 2.45) is 0 Å². The molecule has 0 aliphatic rings. The molecular weight excluding hydrogens is 465 g/mol. The number of benzene rings is 1. The standard InChI is InChI=1S/C23H23ClFN5O4/c1-5-28-19(11-31)27-30(23(28)33)17-9-13-14(8-16(17)25)22(32)29(10-15(13)12(2)3)21-20(24)18(34-4)6-7-26-21/h6-10,12,31H,5,11H2,1-4H3.